The highest BCUT2D eigenvalue weighted by Crippen LogP contribution is 2.26. The van der Waals surface area contributed by atoms with E-state index in [1.807, 2.05) is 31.2 Å². The third kappa shape index (κ3) is 3.67. The topological polar surface area (TPSA) is 74.8 Å². The molecule has 120 valence electrons. The van der Waals surface area contributed by atoms with Crippen molar-refractivity contribution in [3.8, 4) is 0 Å². The number of carbonyl (C=O) groups is 2. The molecule has 1 saturated carbocycles. The molecule has 0 bridgehead atoms. The Kier molecular flexibility index (Phi) is 4.55. The number of hydrogen-bond acceptors (Lipinski definition) is 3. The van der Waals surface area contributed by atoms with Crippen molar-refractivity contribution in [1.29, 1.82) is 0 Å². The van der Waals surface area contributed by atoms with Crippen LogP contribution in [-0.4, -0.2) is 21.7 Å². The number of anilines is 1. The summed E-state index contributed by atoms with van der Waals surface area (Å²) in [6, 6.07) is 8.00. The Morgan fingerprint density at radius 1 is 1.39 bits per heavy atom. The Hall–Kier alpha value is -2.43. The van der Waals surface area contributed by atoms with Gasteiger partial charge in [-0.1, -0.05) is 24.3 Å². The lowest BCUT2D eigenvalue weighted by molar-refractivity contribution is -0.120. The molecule has 3 rings (SSSR count). The number of nitrogens with zero attached hydrogens (tertiary/aromatic N) is 1. The fourth-order valence-electron chi connectivity index (χ4n) is 3.04. The number of carbonyl (C=O) groups excluding carboxylic acids is 2. The molecule has 5 nitrogen and oxygen atoms in total. The summed E-state index contributed by atoms with van der Waals surface area (Å²) < 4.78 is 0. The monoisotopic (exact) mass is 311 g/mol. The van der Waals surface area contributed by atoms with Gasteiger partial charge in [0, 0.05) is 24.7 Å². The average Bonchev–Trinajstić information content (AvgIpc) is 3.20. The van der Waals surface area contributed by atoms with Gasteiger partial charge in [-0.25, -0.2) is 4.98 Å². The summed E-state index contributed by atoms with van der Waals surface area (Å²) in [5.41, 5.74) is 2.11. The van der Waals surface area contributed by atoms with Gasteiger partial charge in [-0.15, -0.1) is 0 Å². The number of H-pyrrole nitrogens is 1. The van der Waals surface area contributed by atoms with E-state index in [1.165, 1.54) is 0 Å². The van der Waals surface area contributed by atoms with E-state index in [-0.39, 0.29) is 17.7 Å². The van der Waals surface area contributed by atoms with Crippen LogP contribution < -0.4 is 5.32 Å². The van der Waals surface area contributed by atoms with Gasteiger partial charge >= 0.3 is 0 Å². The lowest BCUT2D eigenvalue weighted by Crippen LogP contribution is -2.19. The molecule has 0 spiro atoms. The summed E-state index contributed by atoms with van der Waals surface area (Å²) in [6.45, 7) is 1.87. The minimum Gasteiger partial charge on any atom is -0.331 e. The molecule has 0 radical (unpaired) electrons. The number of ketones is 1. The second-order valence-electron chi connectivity index (χ2n) is 6.15. The molecule has 0 unspecified atom stereocenters. The Labute approximate surface area is 135 Å². The maximum Gasteiger partial charge on any atom is 0.233 e. The van der Waals surface area contributed by atoms with Crippen LogP contribution in [0, 0.1) is 5.92 Å². The quantitative estimate of drug-likeness (QED) is 0.891. The summed E-state index contributed by atoms with van der Waals surface area (Å²) >= 11 is 0. The van der Waals surface area contributed by atoms with Gasteiger partial charge in [0.25, 0.3) is 0 Å². The normalized spacial score (nSPS) is 18.8. The number of aromatic nitrogens is 2. The standard InChI is InChI=1S/C18H21N3O2/c1-12(17(23)21-18-19-9-10-20-18)14-7-5-13(6-8-14)11-15-3-2-4-16(15)22/h5-10,12,15H,2-4,11H2,1H3,(H2,19,20,21,23)/t12-,15+/m1/s1. The molecule has 0 saturated heterocycles. The minimum absolute atomic E-state index is 0.0985. The Balaban J connectivity index is 1.61. The first kappa shape index (κ1) is 15.5. The summed E-state index contributed by atoms with van der Waals surface area (Å²) in [7, 11) is 0. The maximum atomic E-state index is 12.2. The molecule has 23 heavy (non-hydrogen) atoms. The SMILES string of the molecule is C[C@@H](C(=O)Nc1ncc[nH]1)c1ccc(C[C@@H]2CCCC2=O)cc1. The molecule has 2 N–H and O–H groups in total. The largest absolute Gasteiger partial charge is 0.331 e. The Morgan fingerprint density at radius 2 is 2.17 bits per heavy atom. The molecular weight excluding hydrogens is 290 g/mol. The number of hydrogen-bond donors (Lipinski definition) is 2. The van der Waals surface area contributed by atoms with Gasteiger partial charge in [0.05, 0.1) is 5.92 Å². The number of rotatable bonds is 5. The van der Waals surface area contributed by atoms with Crippen LogP contribution in [-0.2, 0) is 16.0 Å². The number of aromatic amines is 1. The molecule has 2 aromatic rings. The molecule has 1 aliphatic carbocycles. The molecule has 1 aromatic carbocycles. The zero-order valence-electron chi connectivity index (χ0n) is 13.2. The highest BCUT2D eigenvalue weighted by atomic mass is 16.2. The summed E-state index contributed by atoms with van der Waals surface area (Å²) in [6.07, 6.45) is 6.83. The van der Waals surface area contributed by atoms with Crippen molar-refractivity contribution in [3.05, 3.63) is 47.8 Å². The minimum atomic E-state index is -0.262. The predicted octanol–water partition coefficient (Wildman–Crippen LogP) is 3.06. The number of amides is 1. The van der Waals surface area contributed by atoms with Crippen LogP contribution in [0.25, 0.3) is 0 Å². The van der Waals surface area contributed by atoms with Crippen molar-refractivity contribution >= 4 is 17.6 Å². The van der Waals surface area contributed by atoms with Gasteiger partial charge < -0.3 is 4.98 Å². The van der Waals surface area contributed by atoms with E-state index in [0.717, 1.165) is 36.8 Å². The smallest absolute Gasteiger partial charge is 0.233 e. The van der Waals surface area contributed by atoms with Crippen molar-refractivity contribution in [2.75, 3.05) is 5.32 Å². The second-order valence-corrected chi connectivity index (χ2v) is 6.15. The van der Waals surface area contributed by atoms with Gasteiger partial charge in [-0.3, -0.25) is 14.9 Å². The van der Waals surface area contributed by atoms with Crippen molar-refractivity contribution in [3.63, 3.8) is 0 Å². The molecule has 0 aliphatic heterocycles. The number of benzene rings is 1. The van der Waals surface area contributed by atoms with E-state index in [9.17, 15) is 9.59 Å². The van der Waals surface area contributed by atoms with Crippen LogP contribution in [0.3, 0.4) is 0 Å². The Morgan fingerprint density at radius 3 is 2.78 bits per heavy atom. The van der Waals surface area contributed by atoms with Crippen LogP contribution in [0.1, 0.15) is 43.2 Å². The van der Waals surface area contributed by atoms with Crippen LogP contribution in [0.5, 0.6) is 0 Å². The first-order valence-electron chi connectivity index (χ1n) is 8.05. The zero-order valence-corrected chi connectivity index (χ0v) is 13.2. The summed E-state index contributed by atoms with van der Waals surface area (Å²) in [4.78, 5) is 30.8. The molecule has 1 fully saturated rings. The third-order valence-electron chi connectivity index (χ3n) is 4.53. The fourth-order valence-corrected chi connectivity index (χ4v) is 3.04. The number of nitrogens with one attached hydrogen (secondary N) is 2. The van der Waals surface area contributed by atoms with E-state index >= 15 is 0 Å². The molecule has 1 amide bonds. The predicted molar refractivity (Wildman–Crippen MR) is 88.1 cm³/mol. The van der Waals surface area contributed by atoms with Crippen LogP contribution in [0.15, 0.2) is 36.7 Å². The van der Waals surface area contributed by atoms with Crippen molar-refractivity contribution < 1.29 is 9.59 Å². The second kappa shape index (κ2) is 6.77. The molecule has 5 heteroatoms. The zero-order chi connectivity index (χ0) is 16.2. The van der Waals surface area contributed by atoms with E-state index < -0.39 is 0 Å². The van der Waals surface area contributed by atoms with E-state index in [2.05, 4.69) is 15.3 Å². The fraction of sp³-hybridized carbons (Fsp3) is 0.389. The summed E-state index contributed by atoms with van der Waals surface area (Å²) in [5.74, 6) is 0.667. The molecular formula is C18H21N3O2. The number of imidazole rings is 1. The summed E-state index contributed by atoms with van der Waals surface area (Å²) in [5, 5.41) is 2.75. The lowest BCUT2D eigenvalue weighted by Gasteiger charge is -2.13. The van der Waals surface area contributed by atoms with Gasteiger partial charge in [-0.05, 0) is 37.3 Å². The number of Topliss-reactive ketones (excluding diaryl/α,β-unsaturated/α-hetero) is 1. The van der Waals surface area contributed by atoms with E-state index in [0.29, 0.717) is 11.7 Å². The van der Waals surface area contributed by atoms with E-state index in [1.54, 1.807) is 12.4 Å². The first-order valence-corrected chi connectivity index (χ1v) is 8.05. The average molecular weight is 311 g/mol. The van der Waals surface area contributed by atoms with Crippen molar-refractivity contribution in [2.24, 2.45) is 5.92 Å². The highest BCUT2D eigenvalue weighted by Gasteiger charge is 2.24. The maximum absolute atomic E-state index is 12.2. The van der Waals surface area contributed by atoms with Gasteiger partial charge in [-0.2, -0.15) is 0 Å². The Bertz CT molecular complexity index is 677. The molecule has 1 aliphatic rings. The molecule has 1 aromatic heterocycles. The third-order valence-corrected chi connectivity index (χ3v) is 4.53. The highest BCUT2D eigenvalue weighted by molar-refractivity contribution is 5.94. The van der Waals surface area contributed by atoms with Crippen LogP contribution in [0.2, 0.25) is 0 Å². The van der Waals surface area contributed by atoms with Gasteiger partial charge in [0.1, 0.15) is 5.78 Å². The van der Waals surface area contributed by atoms with Gasteiger partial charge in [0.2, 0.25) is 11.9 Å². The van der Waals surface area contributed by atoms with Crippen LogP contribution in [0.4, 0.5) is 5.95 Å². The first-order chi connectivity index (χ1) is 11.1. The van der Waals surface area contributed by atoms with Crippen LogP contribution >= 0.6 is 0 Å². The molecule has 1 heterocycles. The van der Waals surface area contributed by atoms with Gasteiger partial charge in [0.15, 0.2) is 0 Å². The van der Waals surface area contributed by atoms with Crippen molar-refractivity contribution in [1.82, 2.24) is 9.97 Å². The lowest BCUT2D eigenvalue weighted by atomic mass is 9.94. The van der Waals surface area contributed by atoms with E-state index in [4.69, 9.17) is 0 Å². The molecule has 2 atom stereocenters. The van der Waals surface area contributed by atoms with Crippen molar-refractivity contribution in [2.45, 2.75) is 38.5 Å².